The van der Waals surface area contributed by atoms with Crippen molar-refractivity contribution < 1.29 is 0 Å². The third kappa shape index (κ3) is 2.58. The average molecular weight is 194 g/mol. The first-order valence-electron chi connectivity index (χ1n) is 4.92. The summed E-state index contributed by atoms with van der Waals surface area (Å²) in [5.74, 6) is 2.65. The Bertz CT molecular complexity index is 298. The highest BCUT2D eigenvalue weighted by molar-refractivity contribution is 5.48. The fourth-order valence-electron chi connectivity index (χ4n) is 1.33. The van der Waals surface area contributed by atoms with Crippen LogP contribution in [0.1, 0.15) is 19.2 Å². The minimum Gasteiger partial charge on any atom is -0.373 e. The fraction of sp³-hybridized carbons (Fsp3) is 0.600. The van der Waals surface area contributed by atoms with Crippen LogP contribution in [0.5, 0.6) is 0 Å². The highest BCUT2D eigenvalue weighted by atomic mass is 15.2. The Balaban J connectivity index is 2.90. The van der Waals surface area contributed by atoms with Crippen molar-refractivity contribution >= 4 is 11.6 Å². The highest BCUT2D eigenvalue weighted by Crippen LogP contribution is 2.13. The van der Waals surface area contributed by atoms with Gasteiger partial charge in [-0.05, 0) is 13.3 Å². The summed E-state index contributed by atoms with van der Waals surface area (Å²) in [4.78, 5) is 10.8. The van der Waals surface area contributed by atoms with Crippen LogP contribution in [-0.4, -0.2) is 30.6 Å². The molecule has 1 aromatic rings. The number of nitrogens with zero attached hydrogens (tertiary/aromatic N) is 3. The molecule has 0 radical (unpaired) electrons. The molecule has 0 fully saturated rings. The van der Waals surface area contributed by atoms with Crippen molar-refractivity contribution in [2.24, 2.45) is 0 Å². The molecule has 0 aliphatic carbocycles. The van der Waals surface area contributed by atoms with Gasteiger partial charge in [0.15, 0.2) is 0 Å². The Morgan fingerprint density at radius 1 is 1.43 bits per heavy atom. The number of rotatable bonds is 4. The molecule has 0 atom stereocenters. The third-order valence-corrected chi connectivity index (χ3v) is 2.03. The monoisotopic (exact) mass is 194 g/mol. The Hall–Kier alpha value is -1.32. The summed E-state index contributed by atoms with van der Waals surface area (Å²) in [5.41, 5.74) is 0. The van der Waals surface area contributed by atoms with E-state index < -0.39 is 0 Å². The molecule has 0 aliphatic rings. The topological polar surface area (TPSA) is 41.0 Å². The van der Waals surface area contributed by atoms with Crippen molar-refractivity contribution in [3.63, 3.8) is 0 Å². The standard InChI is InChI=1S/C10H18N4/c1-5-6-14(4)10-7-9(11-3)12-8(2)13-10/h7H,5-6H2,1-4H3,(H,11,12,13). The molecule has 0 unspecified atom stereocenters. The van der Waals surface area contributed by atoms with Crippen LogP contribution in [0.4, 0.5) is 11.6 Å². The van der Waals surface area contributed by atoms with Crippen LogP contribution < -0.4 is 10.2 Å². The molecule has 1 heterocycles. The van der Waals surface area contributed by atoms with Gasteiger partial charge in [0.25, 0.3) is 0 Å². The average Bonchev–Trinajstić information content (AvgIpc) is 2.17. The Morgan fingerprint density at radius 3 is 2.71 bits per heavy atom. The lowest BCUT2D eigenvalue weighted by Crippen LogP contribution is -2.19. The number of aromatic nitrogens is 2. The maximum atomic E-state index is 4.38. The number of aryl methyl sites for hydroxylation is 1. The van der Waals surface area contributed by atoms with Crippen molar-refractivity contribution in [2.45, 2.75) is 20.3 Å². The van der Waals surface area contributed by atoms with Gasteiger partial charge in [-0.25, -0.2) is 9.97 Å². The molecule has 0 aliphatic heterocycles. The molecule has 14 heavy (non-hydrogen) atoms. The molecule has 0 spiro atoms. The third-order valence-electron chi connectivity index (χ3n) is 2.03. The predicted molar refractivity (Wildman–Crippen MR) is 59.9 cm³/mol. The van der Waals surface area contributed by atoms with Crippen LogP contribution in [0, 0.1) is 6.92 Å². The van der Waals surface area contributed by atoms with Gasteiger partial charge < -0.3 is 10.2 Å². The summed E-state index contributed by atoms with van der Waals surface area (Å²) in [6, 6.07) is 1.96. The van der Waals surface area contributed by atoms with E-state index in [1.54, 1.807) is 0 Å². The SMILES string of the molecule is CCCN(C)c1cc(NC)nc(C)n1. The number of hydrogen-bond acceptors (Lipinski definition) is 4. The number of hydrogen-bond donors (Lipinski definition) is 1. The second-order valence-corrected chi connectivity index (χ2v) is 3.33. The molecule has 78 valence electrons. The first-order chi connectivity index (χ1) is 6.67. The van der Waals surface area contributed by atoms with Gasteiger partial charge in [0.05, 0.1) is 0 Å². The van der Waals surface area contributed by atoms with Crippen molar-refractivity contribution in [1.29, 1.82) is 0 Å². The summed E-state index contributed by atoms with van der Waals surface area (Å²) in [7, 11) is 3.91. The van der Waals surface area contributed by atoms with E-state index in [0.717, 1.165) is 30.4 Å². The minimum absolute atomic E-state index is 0.801. The quantitative estimate of drug-likeness (QED) is 0.791. The Labute approximate surface area is 85.4 Å². The summed E-state index contributed by atoms with van der Waals surface area (Å²) in [6.45, 7) is 5.08. The van der Waals surface area contributed by atoms with Gasteiger partial charge in [0.2, 0.25) is 0 Å². The summed E-state index contributed by atoms with van der Waals surface area (Å²) < 4.78 is 0. The predicted octanol–water partition coefficient (Wildman–Crippen LogP) is 1.67. The molecule has 0 aromatic carbocycles. The molecular formula is C10H18N4. The van der Waals surface area contributed by atoms with Gasteiger partial charge in [-0.3, -0.25) is 0 Å². The van der Waals surface area contributed by atoms with E-state index in [9.17, 15) is 0 Å². The molecule has 0 saturated carbocycles. The van der Waals surface area contributed by atoms with Crippen LogP contribution in [-0.2, 0) is 0 Å². The van der Waals surface area contributed by atoms with Gasteiger partial charge >= 0.3 is 0 Å². The zero-order chi connectivity index (χ0) is 10.6. The largest absolute Gasteiger partial charge is 0.373 e. The number of anilines is 2. The second-order valence-electron chi connectivity index (χ2n) is 3.33. The maximum absolute atomic E-state index is 4.38. The lowest BCUT2D eigenvalue weighted by molar-refractivity contribution is 0.829. The maximum Gasteiger partial charge on any atom is 0.134 e. The van der Waals surface area contributed by atoms with E-state index >= 15 is 0 Å². The van der Waals surface area contributed by atoms with Crippen LogP contribution >= 0.6 is 0 Å². The molecule has 1 aromatic heterocycles. The van der Waals surface area contributed by atoms with Crippen LogP contribution in [0.15, 0.2) is 6.07 Å². The van der Waals surface area contributed by atoms with Crippen molar-refractivity contribution in [3.8, 4) is 0 Å². The molecule has 4 nitrogen and oxygen atoms in total. The van der Waals surface area contributed by atoms with Gasteiger partial charge in [-0.2, -0.15) is 0 Å². The van der Waals surface area contributed by atoms with Crippen molar-refractivity contribution in [1.82, 2.24) is 9.97 Å². The van der Waals surface area contributed by atoms with E-state index in [2.05, 4.69) is 27.1 Å². The molecule has 1 rings (SSSR count). The van der Waals surface area contributed by atoms with E-state index in [1.807, 2.05) is 27.1 Å². The lowest BCUT2D eigenvalue weighted by atomic mass is 10.4. The fourth-order valence-corrected chi connectivity index (χ4v) is 1.33. The van der Waals surface area contributed by atoms with Crippen molar-refractivity contribution in [2.75, 3.05) is 30.9 Å². The van der Waals surface area contributed by atoms with Gasteiger partial charge in [-0.15, -0.1) is 0 Å². The molecule has 4 heteroatoms. The first-order valence-corrected chi connectivity index (χ1v) is 4.92. The summed E-state index contributed by atoms with van der Waals surface area (Å²) in [5, 5.41) is 3.03. The highest BCUT2D eigenvalue weighted by Gasteiger charge is 2.04. The summed E-state index contributed by atoms with van der Waals surface area (Å²) in [6.07, 6.45) is 1.12. The molecule has 0 amide bonds. The number of nitrogens with one attached hydrogen (secondary N) is 1. The molecule has 1 N–H and O–H groups in total. The Morgan fingerprint density at radius 2 is 2.14 bits per heavy atom. The molecular weight excluding hydrogens is 176 g/mol. The van der Waals surface area contributed by atoms with E-state index in [1.165, 1.54) is 0 Å². The van der Waals surface area contributed by atoms with Crippen LogP contribution in [0.2, 0.25) is 0 Å². The van der Waals surface area contributed by atoms with Gasteiger partial charge in [0.1, 0.15) is 17.5 Å². The normalized spacial score (nSPS) is 10.0. The zero-order valence-corrected chi connectivity index (χ0v) is 9.33. The van der Waals surface area contributed by atoms with Crippen LogP contribution in [0.3, 0.4) is 0 Å². The van der Waals surface area contributed by atoms with Crippen molar-refractivity contribution in [3.05, 3.63) is 11.9 Å². The lowest BCUT2D eigenvalue weighted by Gasteiger charge is -2.17. The molecule has 0 bridgehead atoms. The van der Waals surface area contributed by atoms with E-state index in [-0.39, 0.29) is 0 Å². The van der Waals surface area contributed by atoms with Gasteiger partial charge in [-0.1, -0.05) is 6.92 Å². The smallest absolute Gasteiger partial charge is 0.134 e. The minimum atomic E-state index is 0.801. The van der Waals surface area contributed by atoms with Crippen LogP contribution in [0.25, 0.3) is 0 Å². The first kappa shape index (κ1) is 10.8. The van der Waals surface area contributed by atoms with E-state index in [4.69, 9.17) is 0 Å². The summed E-state index contributed by atoms with van der Waals surface area (Å²) >= 11 is 0. The van der Waals surface area contributed by atoms with E-state index in [0.29, 0.717) is 0 Å². The van der Waals surface area contributed by atoms with Gasteiger partial charge in [0, 0.05) is 26.7 Å². The second kappa shape index (κ2) is 4.79. The Kier molecular flexibility index (Phi) is 3.68. The zero-order valence-electron chi connectivity index (χ0n) is 9.33. The molecule has 0 saturated heterocycles.